The number of rotatable bonds is 7. The second kappa shape index (κ2) is 7.74. The van der Waals surface area contributed by atoms with Crippen LogP contribution in [0.4, 0.5) is 0 Å². The first-order valence-electron chi connectivity index (χ1n) is 7.37. The van der Waals surface area contributed by atoms with E-state index < -0.39 is 28.1 Å². The summed E-state index contributed by atoms with van der Waals surface area (Å²) in [7, 11) is -4.00. The fourth-order valence-electron chi connectivity index (χ4n) is 2.43. The molecule has 0 saturated carbocycles. The average molecular weight is 320 g/mol. The summed E-state index contributed by atoms with van der Waals surface area (Å²) in [5.74, 6) is -1.42. The van der Waals surface area contributed by atoms with Gasteiger partial charge in [-0.25, -0.2) is 4.72 Å². The molecule has 0 aromatic carbocycles. The van der Waals surface area contributed by atoms with Crippen LogP contribution in [-0.2, 0) is 24.5 Å². The molecule has 0 radical (unpaired) electrons. The van der Waals surface area contributed by atoms with Crippen molar-refractivity contribution in [3.63, 3.8) is 0 Å². The third-order valence-corrected chi connectivity index (χ3v) is 5.17. The molecular weight excluding hydrogens is 296 g/mol. The van der Waals surface area contributed by atoms with Crippen LogP contribution in [0.5, 0.6) is 0 Å². The molecule has 1 rings (SSSR count). The Kier molecular flexibility index (Phi) is 6.60. The van der Waals surface area contributed by atoms with Gasteiger partial charge in [-0.05, 0) is 32.6 Å². The molecule has 0 aliphatic carbocycles. The topological polar surface area (TPSA) is 92.8 Å². The molecule has 1 heterocycles. The molecule has 0 unspecified atom stereocenters. The van der Waals surface area contributed by atoms with Gasteiger partial charge in [-0.2, -0.15) is 12.7 Å². The minimum absolute atomic E-state index is 0.198. The number of ether oxygens (including phenoxy) is 1. The highest BCUT2D eigenvalue weighted by Gasteiger charge is 2.40. The molecule has 0 aromatic rings. The van der Waals surface area contributed by atoms with Gasteiger partial charge in [0.1, 0.15) is 6.04 Å². The van der Waals surface area contributed by atoms with Gasteiger partial charge in [-0.1, -0.05) is 13.8 Å². The molecule has 1 aliphatic heterocycles. The van der Waals surface area contributed by atoms with Gasteiger partial charge >= 0.3 is 16.2 Å². The van der Waals surface area contributed by atoms with Crippen LogP contribution < -0.4 is 4.72 Å². The van der Waals surface area contributed by atoms with E-state index in [1.165, 1.54) is 0 Å². The van der Waals surface area contributed by atoms with Gasteiger partial charge in [0.25, 0.3) is 0 Å². The van der Waals surface area contributed by atoms with Gasteiger partial charge in [-0.3, -0.25) is 9.59 Å². The number of amides is 1. The first kappa shape index (κ1) is 17.9. The molecule has 0 bridgehead atoms. The Hall–Kier alpha value is -1.15. The summed E-state index contributed by atoms with van der Waals surface area (Å²) >= 11 is 0. The predicted molar refractivity (Wildman–Crippen MR) is 77.5 cm³/mol. The maximum absolute atomic E-state index is 12.3. The standard InChI is InChI=1S/C13H24N2O5S/c1-4-10(5-2)12(16)14-21(18,19)15-9-7-8-11(15)13(17)20-6-3/h10-11H,4-9H2,1-3H3,(H,14,16)/t11-/m0/s1. The number of esters is 1. The number of carbonyl (C=O) groups is 2. The number of hydrogen-bond donors (Lipinski definition) is 1. The Balaban J connectivity index is 2.81. The molecular formula is C13H24N2O5S. The van der Waals surface area contributed by atoms with Gasteiger partial charge in [0.05, 0.1) is 6.61 Å². The van der Waals surface area contributed by atoms with E-state index in [0.29, 0.717) is 25.7 Å². The molecule has 1 fully saturated rings. The van der Waals surface area contributed by atoms with E-state index in [4.69, 9.17) is 4.74 Å². The summed E-state index contributed by atoms with van der Waals surface area (Å²) in [6.45, 7) is 5.74. The number of nitrogens with one attached hydrogen (secondary N) is 1. The van der Waals surface area contributed by atoms with Crippen molar-refractivity contribution >= 4 is 22.1 Å². The Labute approximate surface area is 126 Å². The molecule has 122 valence electrons. The van der Waals surface area contributed by atoms with Gasteiger partial charge in [0.2, 0.25) is 5.91 Å². The summed E-state index contributed by atoms with van der Waals surface area (Å²) < 4.78 is 32.6. The maximum Gasteiger partial charge on any atom is 0.324 e. The summed E-state index contributed by atoms with van der Waals surface area (Å²) in [6, 6.07) is -0.836. The van der Waals surface area contributed by atoms with Crippen molar-refractivity contribution in [1.82, 2.24) is 9.03 Å². The van der Waals surface area contributed by atoms with E-state index in [9.17, 15) is 18.0 Å². The number of nitrogens with zero attached hydrogens (tertiary/aromatic N) is 1. The fourth-order valence-corrected chi connectivity index (χ4v) is 3.86. The van der Waals surface area contributed by atoms with Crippen LogP contribution in [0.15, 0.2) is 0 Å². The minimum Gasteiger partial charge on any atom is -0.465 e. The van der Waals surface area contributed by atoms with E-state index in [2.05, 4.69) is 4.72 Å². The molecule has 0 aromatic heterocycles. The van der Waals surface area contributed by atoms with Crippen LogP contribution in [0.3, 0.4) is 0 Å². The lowest BCUT2D eigenvalue weighted by Crippen LogP contribution is -2.49. The molecule has 0 spiro atoms. The molecule has 1 N–H and O–H groups in total. The first-order chi connectivity index (χ1) is 9.87. The molecule has 7 nitrogen and oxygen atoms in total. The van der Waals surface area contributed by atoms with Crippen molar-refractivity contribution < 1.29 is 22.7 Å². The van der Waals surface area contributed by atoms with Crippen LogP contribution in [0.2, 0.25) is 0 Å². The number of carbonyl (C=O) groups excluding carboxylic acids is 2. The van der Waals surface area contributed by atoms with E-state index in [0.717, 1.165) is 4.31 Å². The lowest BCUT2D eigenvalue weighted by molar-refractivity contribution is -0.147. The van der Waals surface area contributed by atoms with Crippen LogP contribution in [0.25, 0.3) is 0 Å². The van der Waals surface area contributed by atoms with E-state index in [1.54, 1.807) is 6.92 Å². The smallest absolute Gasteiger partial charge is 0.324 e. The van der Waals surface area contributed by atoms with E-state index in [-0.39, 0.29) is 19.1 Å². The molecule has 1 saturated heterocycles. The number of hydrogen-bond acceptors (Lipinski definition) is 5. The molecule has 1 atom stereocenters. The van der Waals surface area contributed by atoms with Crippen molar-refractivity contribution in [1.29, 1.82) is 0 Å². The largest absolute Gasteiger partial charge is 0.465 e. The highest BCUT2D eigenvalue weighted by molar-refractivity contribution is 7.87. The zero-order valence-electron chi connectivity index (χ0n) is 12.8. The minimum atomic E-state index is -4.00. The predicted octanol–water partition coefficient (Wildman–Crippen LogP) is 0.811. The first-order valence-corrected chi connectivity index (χ1v) is 8.81. The summed E-state index contributed by atoms with van der Waals surface area (Å²) in [6.07, 6.45) is 2.13. The van der Waals surface area contributed by atoms with Gasteiger partial charge in [0, 0.05) is 12.5 Å². The normalized spacial score (nSPS) is 19.7. The van der Waals surface area contributed by atoms with E-state index >= 15 is 0 Å². The van der Waals surface area contributed by atoms with Crippen molar-refractivity contribution in [2.24, 2.45) is 5.92 Å². The Morgan fingerprint density at radius 1 is 1.29 bits per heavy atom. The Bertz CT molecular complexity index is 473. The molecule has 21 heavy (non-hydrogen) atoms. The van der Waals surface area contributed by atoms with Gasteiger partial charge < -0.3 is 4.74 Å². The quantitative estimate of drug-likeness (QED) is 0.701. The van der Waals surface area contributed by atoms with Crippen molar-refractivity contribution in [3.8, 4) is 0 Å². The fraction of sp³-hybridized carbons (Fsp3) is 0.846. The Morgan fingerprint density at radius 2 is 1.90 bits per heavy atom. The third-order valence-electron chi connectivity index (χ3n) is 3.66. The third kappa shape index (κ3) is 4.41. The van der Waals surface area contributed by atoms with Crippen molar-refractivity contribution in [2.45, 2.75) is 52.5 Å². The zero-order chi connectivity index (χ0) is 16.0. The van der Waals surface area contributed by atoms with Gasteiger partial charge in [-0.15, -0.1) is 0 Å². The monoisotopic (exact) mass is 320 g/mol. The van der Waals surface area contributed by atoms with Crippen LogP contribution in [-0.4, -0.2) is 43.8 Å². The molecule has 1 amide bonds. The zero-order valence-corrected chi connectivity index (χ0v) is 13.6. The summed E-state index contributed by atoms with van der Waals surface area (Å²) in [4.78, 5) is 23.7. The summed E-state index contributed by atoms with van der Waals surface area (Å²) in [5, 5.41) is 0. The average Bonchev–Trinajstić information content (AvgIpc) is 2.90. The SMILES string of the molecule is CCOC(=O)[C@@H]1CCCN1S(=O)(=O)NC(=O)C(CC)CC. The second-order valence-corrected chi connectivity index (χ2v) is 6.63. The lowest BCUT2D eigenvalue weighted by atomic mass is 10.0. The van der Waals surface area contributed by atoms with Crippen molar-refractivity contribution in [2.75, 3.05) is 13.2 Å². The van der Waals surface area contributed by atoms with Crippen LogP contribution in [0.1, 0.15) is 46.5 Å². The van der Waals surface area contributed by atoms with E-state index in [1.807, 2.05) is 13.8 Å². The lowest BCUT2D eigenvalue weighted by Gasteiger charge is -2.23. The maximum atomic E-state index is 12.3. The highest BCUT2D eigenvalue weighted by atomic mass is 32.2. The second-order valence-electron chi connectivity index (χ2n) is 5.01. The van der Waals surface area contributed by atoms with Crippen LogP contribution >= 0.6 is 0 Å². The van der Waals surface area contributed by atoms with Crippen molar-refractivity contribution in [3.05, 3.63) is 0 Å². The summed E-state index contributed by atoms with van der Waals surface area (Å²) in [5.41, 5.74) is 0. The molecule has 1 aliphatic rings. The molecule has 8 heteroatoms. The Morgan fingerprint density at radius 3 is 2.43 bits per heavy atom. The van der Waals surface area contributed by atoms with Gasteiger partial charge in [0.15, 0.2) is 0 Å². The highest BCUT2D eigenvalue weighted by Crippen LogP contribution is 2.22. The van der Waals surface area contributed by atoms with Crippen LogP contribution in [0, 0.1) is 5.92 Å².